The van der Waals surface area contributed by atoms with E-state index in [2.05, 4.69) is 5.32 Å². The van der Waals surface area contributed by atoms with E-state index in [1.807, 2.05) is 4.90 Å². The molecular weight excluding hydrogens is 405 g/mol. The second-order valence-corrected chi connectivity index (χ2v) is 8.30. The third-order valence-corrected chi connectivity index (χ3v) is 6.35. The van der Waals surface area contributed by atoms with E-state index in [4.69, 9.17) is 0 Å². The number of nitrogens with one attached hydrogen (secondary N) is 1. The first-order valence-electron chi connectivity index (χ1n) is 10.7. The van der Waals surface area contributed by atoms with Crippen LogP contribution in [0.4, 0.5) is 18.9 Å². The van der Waals surface area contributed by atoms with Gasteiger partial charge in [-0.3, -0.25) is 9.59 Å². The van der Waals surface area contributed by atoms with E-state index in [1.165, 1.54) is 12.1 Å². The molecule has 0 amide bonds. The number of nitrogens with zero attached hydrogens (tertiary/aromatic N) is 1. The molecule has 0 bridgehead atoms. The van der Waals surface area contributed by atoms with Crippen LogP contribution in [0.3, 0.4) is 0 Å². The van der Waals surface area contributed by atoms with E-state index in [0.29, 0.717) is 43.2 Å². The molecule has 0 atom stereocenters. The van der Waals surface area contributed by atoms with Crippen molar-refractivity contribution in [2.24, 2.45) is 11.8 Å². The summed E-state index contributed by atoms with van der Waals surface area (Å²) in [6.45, 7) is 2.48. The lowest BCUT2D eigenvalue weighted by Gasteiger charge is -2.33. The summed E-state index contributed by atoms with van der Waals surface area (Å²) >= 11 is 0. The Labute approximate surface area is 179 Å². The maximum absolute atomic E-state index is 14.8. The van der Waals surface area contributed by atoms with Crippen molar-refractivity contribution >= 4 is 17.3 Å². The Morgan fingerprint density at radius 2 is 1.48 bits per heavy atom. The van der Waals surface area contributed by atoms with E-state index in [1.54, 1.807) is 12.1 Å². The quantitative estimate of drug-likeness (QED) is 0.715. The molecule has 7 heteroatoms. The maximum Gasteiger partial charge on any atom is 0.169 e. The standard InChI is InChI=1S/C24H25F3N2O2/c25-18-2-3-19(20(26)14-18)24(31)16-7-11-29(12-8-16)22-4-1-17(13-21(22)27)23(30)15-5-9-28-10-6-15/h1-4,13-16,28H,5-12H2. The summed E-state index contributed by atoms with van der Waals surface area (Å²) in [6.07, 6.45) is 2.42. The number of anilines is 1. The van der Waals surface area contributed by atoms with Gasteiger partial charge in [-0.05, 0) is 69.1 Å². The van der Waals surface area contributed by atoms with Crippen LogP contribution in [-0.2, 0) is 0 Å². The van der Waals surface area contributed by atoms with Crippen molar-refractivity contribution in [1.29, 1.82) is 0 Å². The maximum atomic E-state index is 14.8. The molecule has 0 saturated carbocycles. The zero-order valence-corrected chi connectivity index (χ0v) is 17.2. The molecule has 0 radical (unpaired) electrons. The Morgan fingerprint density at radius 1 is 0.806 bits per heavy atom. The van der Waals surface area contributed by atoms with Crippen LogP contribution in [0.2, 0.25) is 0 Å². The first-order valence-corrected chi connectivity index (χ1v) is 10.7. The molecule has 164 valence electrons. The van der Waals surface area contributed by atoms with E-state index in [0.717, 1.165) is 32.0 Å². The average Bonchev–Trinajstić information content (AvgIpc) is 2.79. The molecule has 31 heavy (non-hydrogen) atoms. The summed E-state index contributed by atoms with van der Waals surface area (Å²) in [4.78, 5) is 27.1. The summed E-state index contributed by atoms with van der Waals surface area (Å²) in [5.74, 6) is -2.85. The molecule has 2 aliphatic heterocycles. The van der Waals surface area contributed by atoms with Gasteiger partial charge in [-0.25, -0.2) is 13.2 Å². The van der Waals surface area contributed by atoms with Gasteiger partial charge in [0, 0.05) is 36.6 Å². The van der Waals surface area contributed by atoms with Crippen molar-refractivity contribution in [2.75, 3.05) is 31.1 Å². The lowest BCUT2D eigenvalue weighted by molar-refractivity contribution is 0.0887. The molecule has 0 unspecified atom stereocenters. The number of halogens is 3. The minimum Gasteiger partial charge on any atom is -0.369 e. The molecule has 2 aliphatic rings. The highest BCUT2D eigenvalue weighted by atomic mass is 19.1. The number of ketones is 2. The lowest BCUT2D eigenvalue weighted by atomic mass is 9.88. The number of piperidine rings is 2. The van der Waals surface area contributed by atoms with Gasteiger partial charge in [0.05, 0.1) is 11.3 Å². The lowest BCUT2D eigenvalue weighted by Crippen LogP contribution is -2.37. The van der Waals surface area contributed by atoms with Crippen LogP contribution in [0.25, 0.3) is 0 Å². The van der Waals surface area contributed by atoms with Gasteiger partial charge >= 0.3 is 0 Å². The van der Waals surface area contributed by atoms with Gasteiger partial charge in [0.1, 0.15) is 17.5 Å². The van der Waals surface area contributed by atoms with Crippen molar-refractivity contribution in [2.45, 2.75) is 25.7 Å². The number of Topliss-reactive ketones (excluding diaryl/α,β-unsaturated/α-hetero) is 2. The molecule has 2 saturated heterocycles. The number of rotatable bonds is 5. The van der Waals surface area contributed by atoms with Crippen LogP contribution < -0.4 is 10.2 Å². The Bertz CT molecular complexity index is 981. The van der Waals surface area contributed by atoms with Gasteiger partial charge in [-0.1, -0.05) is 0 Å². The predicted molar refractivity (Wildman–Crippen MR) is 112 cm³/mol. The summed E-state index contributed by atoms with van der Waals surface area (Å²) in [6, 6.07) is 7.58. The third-order valence-electron chi connectivity index (χ3n) is 6.35. The van der Waals surface area contributed by atoms with E-state index < -0.39 is 17.5 Å². The molecule has 4 rings (SSSR count). The molecular formula is C24H25F3N2O2. The number of carbonyl (C=O) groups is 2. The van der Waals surface area contributed by atoms with Crippen LogP contribution in [0.5, 0.6) is 0 Å². The van der Waals surface area contributed by atoms with Gasteiger partial charge in [0.2, 0.25) is 0 Å². The smallest absolute Gasteiger partial charge is 0.169 e. The monoisotopic (exact) mass is 430 g/mol. The van der Waals surface area contributed by atoms with Crippen LogP contribution in [0.1, 0.15) is 46.4 Å². The summed E-state index contributed by atoms with van der Waals surface area (Å²) < 4.78 is 41.8. The summed E-state index contributed by atoms with van der Waals surface area (Å²) in [7, 11) is 0. The van der Waals surface area contributed by atoms with Gasteiger partial charge in [0.15, 0.2) is 11.6 Å². The number of hydrogen-bond donors (Lipinski definition) is 1. The van der Waals surface area contributed by atoms with Crippen LogP contribution in [-0.4, -0.2) is 37.7 Å². The Hall–Kier alpha value is -2.67. The molecule has 4 nitrogen and oxygen atoms in total. The van der Waals surface area contributed by atoms with Gasteiger partial charge in [0.25, 0.3) is 0 Å². The SMILES string of the molecule is O=C(c1ccc(N2CCC(C(=O)c3ccc(F)cc3F)CC2)c(F)c1)C1CCNCC1. The largest absolute Gasteiger partial charge is 0.369 e. The Morgan fingerprint density at radius 3 is 2.13 bits per heavy atom. The van der Waals surface area contributed by atoms with E-state index in [9.17, 15) is 22.8 Å². The Kier molecular flexibility index (Phi) is 6.41. The number of hydrogen-bond acceptors (Lipinski definition) is 4. The number of benzene rings is 2. The number of carbonyl (C=O) groups excluding carboxylic acids is 2. The van der Waals surface area contributed by atoms with Crippen molar-refractivity contribution in [3.05, 3.63) is 65.0 Å². The van der Waals surface area contributed by atoms with Gasteiger partial charge < -0.3 is 10.2 Å². The van der Waals surface area contributed by atoms with Gasteiger partial charge in [-0.15, -0.1) is 0 Å². The minimum absolute atomic E-state index is 0.0161. The highest BCUT2D eigenvalue weighted by Gasteiger charge is 2.29. The zero-order valence-electron chi connectivity index (χ0n) is 17.2. The van der Waals surface area contributed by atoms with E-state index >= 15 is 0 Å². The third kappa shape index (κ3) is 4.66. The topological polar surface area (TPSA) is 49.4 Å². The first kappa shape index (κ1) is 21.6. The van der Waals surface area contributed by atoms with Gasteiger partial charge in [-0.2, -0.15) is 0 Å². The summed E-state index contributed by atoms with van der Waals surface area (Å²) in [5, 5.41) is 3.22. The van der Waals surface area contributed by atoms with Crippen molar-refractivity contribution in [3.63, 3.8) is 0 Å². The summed E-state index contributed by atoms with van der Waals surface area (Å²) in [5.41, 5.74) is 0.692. The fourth-order valence-electron chi connectivity index (χ4n) is 4.53. The molecule has 2 aromatic rings. The highest BCUT2D eigenvalue weighted by Crippen LogP contribution is 2.30. The van der Waals surface area contributed by atoms with Crippen molar-refractivity contribution < 1.29 is 22.8 Å². The molecule has 0 aliphatic carbocycles. The normalized spacial score (nSPS) is 18.2. The van der Waals surface area contributed by atoms with Crippen LogP contribution in [0, 0.1) is 29.3 Å². The molecule has 2 heterocycles. The molecule has 0 aromatic heterocycles. The van der Waals surface area contributed by atoms with Crippen LogP contribution >= 0.6 is 0 Å². The van der Waals surface area contributed by atoms with Crippen molar-refractivity contribution in [1.82, 2.24) is 5.32 Å². The molecule has 2 aromatic carbocycles. The zero-order chi connectivity index (χ0) is 22.0. The highest BCUT2D eigenvalue weighted by molar-refractivity contribution is 5.99. The molecule has 1 N–H and O–H groups in total. The van der Waals surface area contributed by atoms with E-state index in [-0.39, 0.29) is 29.0 Å². The second kappa shape index (κ2) is 9.22. The fraction of sp³-hybridized carbons (Fsp3) is 0.417. The predicted octanol–water partition coefficient (Wildman–Crippen LogP) is 4.39. The fourth-order valence-corrected chi connectivity index (χ4v) is 4.53. The Balaban J connectivity index is 1.40. The molecule has 2 fully saturated rings. The second-order valence-electron chi connectivity index (χ2n) is 8.30. The first-order chi connectivity index (χ1) is 14.9. The molecule has 0 spiro atoms. The van der Waals surface area contributed by atoms with Crippen molar-refractivity contribution in [3.8, 4) is 0 Å². The van der Waals surface area contributed by atoms with Crippen LogP contribution in [0.15, 0.2) is 36.4 Å². The minimum atomic E-state index is -0.854. The average molecular weight is 430 g/mol.